The van der Waals surface area contributed by atoms with Gasteiger partial charge in [-0.15, -0.1) is 0 Å². The van der Waals surface area contributed by atoms with E-state index in [1.54, 1.807) is 24.5 Å². The zero-order chi connectivity index (χ0) is 22.3. The summed E-state index contributed by atoms with van der Waals surface area (Å²) in [5.74, 6) is -2.44. The van der Waals surface area contributed by atoms with Crippen molar-refractivity contribution < 1.29 is 18.7 Å². The van der Waals surface area contributed by atoms with E-state index in [1.807, 2.05) is 24.3 Å². The van der Waals surface area contributed by atoms with Crippen molar-refractivity contribution in [1.82, 2.24) is 14.3 Å². The summed E-state index contributed by atoms with van der Waals surface area (Å²) in [5.41, 5.74) is 2.25. The van der Waals surface area contributed by atoms with E-state index < -0.39 is 29.2 Å². The van der Waals surface area contributed by atoms with Crippen molar-refractivity contribution in [2.24, 2.45) is 0 Å². The molecule has 0 radical (unpaired) electrons. The van der Waals surface area contributed by atoms with Gasteiger partial charge >= 0.3 is 5.97 Å². The third-order valence-corrected chi connectivity index (χ3v) is 5.36. The lowest BCUT2D eigenvalue weighted by Crippen LogP contribution is -2.23. The van der Waals surface area contributed by atoms with Gasteiger partial charge in [-0.1, -0.05) is 24.3 Å². The minimum atomic E-state index is -0.972. The Labute approximate surface area is 176 Å². The molecule has 0 bridgehead atoms. The van der Waals surface area contributed by atoms with E-state index in [-0.39, 0.29) is 12.1 Å². The monoisotopic (exact) mass is 423 g/mol. The van der Waals surface area contributed by atoms with Crippen LogP contribution in [0.1, 0.15) is 24.2 Å². The number of fused-ring (bicyclic) bond motifs is 1. The van der Waals surface area contributed by atoms with Gasteiger partial charge in [-0.3, -0.25) is 4.79 Å². The molecule has 0 spiro atoms. The number of para-hydroxylation sites is 1. The van der Waals surface area contributed by atoms with Gasteiger partial charge < -0.3 is 9.67 Å². The van der Waals surface area contributed by atoms with Gasteiger partial charge in [0.2, 0.25) is 0 Å². The number of rotatable bonds is 5. The van der Waals surface area contributed by atoms with Gasteiger partial charge in [0, 0.05) is 39.9 Å². The normalized spacial score (nSPS) is 12.3. The second-order valence-electron chi connectivity index (χ2n) is 7.31. The fourth-order valence-corrected chi connectivity index (χ4v) is 3.83. The van der Waals surface area contributed by atoms with E-state index in [4.69, 9.17) is 0 Å². The summed E-state index contributed by atoms with van der Waals surface area (Å²) < 4.78 is 30.1. The Bertz CT molecular complexity index is 1370. The Balaban J connectivity index is 1.88. The average molecular weight is 423 g/mol. The number of carbonyl (C=O) groups is 1. The standard InChI is InChI=1S/C23H19F2N3O3/c1-13-22(17-5-3-4-6-20(17)28(13)14(2)23(30)31)19-9-10-21(29)27(26-19)12-15-7-8-16(24)11-18(15)25/h3-11,14H,12H2,1-2H3,(H,30,31). The smallest absolute Gasteiger partial charge is 0.326 e. The van der Waals surface area contributed by atoms with Crippen molar-refractivity contribution in [3.05, 3.63) is 87.8 Å². The van der Waals surface area contributed by atoms with Crippen molar-refractivity contribution in [2.45, 2.75) is 26.4 Å². The van der Waals surface area contributed by atoms with E-state index in [2.05, 4.69) is 5.10 Å². The maximum absolute atomic E-state index is 14.1. The van der Waals surface area contributed by atoms with Gasteiger partial charge in [0.1, 0.15) is 17.7 Å². The second kappa shape index (κ2) is 7.79. The van der Waals surface area contributed by atoms with Crippen LogP contribution in [-0.4, -0.2) is 25.4 Å². The molecule has 158 valence electrons. The van der Waals surface area contributed by atoms with Crippen LogP contribution in [0.3, 0.4) is 0 Å². The SMILES string of the molecule is Cc1c(-c2ccc(=O)n(Cc3ccc(F)cc3F)n2)c2ccccc2n1C(C)C(=O)O. The number of nitrogens with zero attached hydrogens (tertiary/aromatic N) is 3. The minimum absolute atomic E-state index is 0.131. The molecule has 0 aliphatic heterocycles. The summed E-state index contributed by atoms with van der Waals surface area (Å²) in [6.07, 6.45) is 0. The van der Waals surface area contributed by atoms with Crippen LogP contribution in [0, 0.1) is 18.6 Å². The van der Waals surface area contributed by atoms with E-state index in [1.165, 1.54) is 12.1 Å². The van der Waals surface area contributed by atoms with Crippen LogP contribution in [0.15, 0.2) is 59.4 Å². The van der Waals surface area contributed by atoms with Gasteiger partial charge in [-0.05, 0) is 32.0 Å². The van der Waals surface area contributed by atoms with Crippen LogP contribution < -0.4 is 5.56 Å². The third kappa shape index (κ3) is 3.61. The van der Waals surface area contributed by atoms with Crippen LogP contribution >= 0.6 is 0 Å². The van der Waals surface area contributed by atoms with Gasteiger partial charge in [-0.2, -0.15) is 5.10 Å². The lowest BCUT2D eigenvalue weighted by atomic mass is 10.1. The van der Waals surface area contributed by atoms with E-state index in [0.29, 0.717) is 17.0 Å². The Morgan fingerprint density at radius 2 is 1.87 bits per heavy atom. The summed E-state index contributed by atoms with van der Waals surface area (Å²) in [6.45, 7) is 3.23. The highest BCUT2D eigenvalue weighted by Crippen LogP contribution is 2.35. The largest absolute Gasteiger partial charge is 0.480 e. The molecular formula is C23H19F2N3O3. The lowest BCUT2D eigenvalue weighted by Gasteiger charge is -2.13. The van der Waals surface area contributed by atoms with Gasteiger partial charge in [-0.25, -0.2) is 18.3 Å². The molecule has 0 saturated carbocycles. The van der Waals surface area contributed by atoms with Crippen molar-refractivity contribution in [3.63, 3.8) is 0 Å². The number of hydrogen-bond acceptors (Lipinski definition) is 3. The van der Waals surface area contributed by atoms with E-state index >= 15 is 0 Å². The van der Waals surface area contributed by atoms with Gasteiger partial charge in [0.05, 0.1) is 12.2 Å². The molecule has 1 atom stereocenters. The molecule has 0 aliphatic carbocycles. The molecule has 6 nitrogen and oxygen atoms in total. The minimum Gasteiger partial charge on any atom is -0.480 e. The van der Waals surface area contributed by atoms with Crippen molar-refractivity contribution in [2.75, 3.05) is 0 Å². The molecule has 4 aromatic rings. The molecular weight excluding hydrogens is 404 g/mol. The van der Waals surface area contributed by atoms with Crippen LogP contribution in [0.5, 0.6) is 0 Å². The van der Waals surface area contributed by atoms with Crippen LogP contribution in [0.2, 0.25) is 0 Å². The molecule has 0 saturated heterocycles. The van der Waals surface area contributed by atoms with Crippen molar-refractivity contribution in [3.8, 4) is 11.3 Å². The molecule has 0 aliphatic rings. The quantitative estimate of drug-likeness (QED) is 0.523. The Morgan fingerprint density at radius 3 is 2.58 bits per heavy atom. The summed E-state index contributed by atoms with van der Waals surface area (Å²) in [4.78, 5) is 24.0. The zero-order valence-corrected chi connectivity index (χ0v) is 16.8. The number of halogens is 2. The number of carboxylic acids is 1. The first-order chi connectivity index (χ1) is 14.8. The predicted molar refractivity (Wildman–Crippen MR) is 112 cm³/mol. The highest BCUT2D eigenvalue weighted by molar-refractivity contribution is 5.98. The first-order valence-electron chi connectivity index (χ1n) is 9.62. The molecule has 2 aromatic heterocycles. The molecule has 2 heterocycles. The summed E-state index contributed by atoms with van der Waals surface area (Å²) in [5, 5.41) is 14.7. The molecule has 8 heteroatoms. The summed E-state index contributed by atoms with van der Waals surface area (Å²) in [7, 11) is 0. The Kier molecular flexibility index (Phi) is 5.14. The summed E-state index contributed by atoms with van der Waals surface area (Å²) >= 11 is 0. The highest BCUT2D eigenvalue weighted by atomic mass is 19.1. The molecule has 4 rings (SSSR count). The number of hydrogen-bond donors (Lipinski definition) is 1. The first-order valence-corrected chi connectivity index (χ1v) is 9.62. The maximum Gasteiger partial charge on any atom is 0.326 e. The molecule has 31 heavy (non-hydrogen) atoms. The highest BCUT2D eigenvalue weighted by Gasteiger charge is 2.23. The molecule has 2 aromatic carbocycles. The third-order valence-electron chi connectivity index (χ3n) is 5.36. The lowest BCUT2D eigenvalue weighted by molar-refractivity contribution is -0.140. The molecule has 0 amide bonds. The van der Waals surface area contributed by atoms with E-state index in [9.17, 15) is 23.5 Å². The predicted octanol–water partition coefficient (Wildman–Crippen LogP) is 4.15. The fraction of sp³-hybridized carbons (Fsp3) is 0.174. The van der Waals surface area contributed by atoms with Crippen LogP contribution in [0.25, 0.3) is 22.2 Å². The van der Waals surface area contributed by atoms with Gasteiger partial charge in [0.15, 0.2) is 0 Å². The molecule has 1 N–H and O–H groups in total. The number of aromatic nitrogens is 3. The van der Waals surface area contributed by atoms with Crippen molar-refractivity contribution in [1.29, 1.82) is 0 Å². The topological polar surface area (TPSA) is 77.1 Å². The Hall–Kier alpha value is -3.81. The number of benzene rings is 2. The summed E-state index contributed by atoms with van der Waals surface area (Å²) in [6, 6.07) is 12.6. The molecule has 0 fully saturated rings. The van der Waals surface area contributed by atoms with Crippen LogP contribution in [-0.2, 0) is 11.3 Å². The van der Waals surface area contributed by atoms with Crippen LogP contribution in [0.4, 0.5) is 8.78 Å². The zero-order valence-electron chi connectivity index (χ0n) is 16.8. The number of carboxylic acid groups (broad SMARTS) is 1. The first kappa shape index (κ1) is 20.5. The number of aliphatic carboxylic acids is 1. The second-order valence-corrected chi connectivity index (χ2v) is 7.31. The van der Waals surface area contributed by atoms with E-state index in [0.717, 1.165) is 27.7 Å². The fourth-order valence-electron chi connectivity index (χ4n) is 3.83. The van der Waals surface area contributed by atoms with Crippen molar-refractivity contribution >= 4 is 16.9 Å². The average Bonchev–Trinajstić information content (AvgIpc) is 3.02. The Morgan fingerprint density at radius 1 is 1.13 bits per heavy atom. The maximum atomic E-state index is 14.1. The van der Waals surface area contributed by atoms with Gasteiger partial charge in [0.25, 0.3) is 5.56 Å². The molecule has 1 unspecified atom stereocenters.